The van der Waals surface area contributed by atoms with Crippen LogP contribution < -0.4 is 10.2 Å². The standard InChI is InChI=1S/C24H29ClN6O2/c1-14-29-30-23(33-14)31-12-16-6-7-17(13-31)21(16)28-22-26-19(11-20(27-22)24(2,3)32)10-15-4-8-18(25)9-5-15/h4-5,8-9,11,16-17,21,32H,6-7,10,12-13H2,1-3H3,(H,26,27,28). The number of benzene rings is 1. The molecule has 0 spiro atoms. The molecule has 1 aliphatic carbocycles. The SMILES string of the molecule is Cc1nnc(N2CC3CCC(C2)C3Nc2nc(Cc3ccc(Cl)cc3)cc(C(C)(C)O)n2)o1. The van der Waals surface area contributed by atoms with E-state index < -0.39 is 5.60 Å². The number of aryl methyl sites for hydroxylation is 1. The van der Waals surface area contributed by atoms with E-state index in [0.29, 0.717) is 46.8 Å². The fourth-order valence-electron chi connectivity index (χ4n) is 4.95. The smallest absolute Gasteiger partial charge is 0.318 e. The van der Waals surface area contributed by atoms with Crippen LogP contribution in [0.2, 0.25) is 5.02 Å². The minimum Gasteiger partial charge on any atom is -0.408 e. The molecule has 2 aliphatic rings. The molecule has 9 heteroatoms. The highest BCUT2D eigenvalue weighted by Crippen LogP contribution is 2.39. The maximum atomic E-state index is 10.7. The fourth-order valence-corrected chi connectivity index (χ4v) is 5.08. The van der Waals surface area contributed by atoms with Gasteiger partial charge in [0.25, 0.3) is 0 Å². The van der Waals surface area contributed by atoms with Crippen LogP contribution in [0.15, 0.2) is 34.7 Å². The van der Waals surface area contributed by atoms with E-state index in [4.69, 9.17) is 21.0 Å². The van der Waals surface area contributed by atoms with E-state index in [1.165, 1.54) is 0 Å². The van der Waals surface area contributed by atoms with Gasteiger partial charge < -0.3 is 19.7 Å². The number of halogens is 1. The van der Waals surface area contributed by atoms with Crippen molar-refractivity contribution < 1.29 is 9.52 Å². The van der Waals surface area contributed by atoms with Crippen LogP contribution in [0.3, 0.4) is 0 Å². The third-order valence-corrected chi connectivity index (χ3v) is 6.87. The summed E-state index contributed by atoms with van der Waals surface area (Å²) in [7, 11) is 0. The van der Waals surface area contributed by atoms with Crippen LogP contribution in [0.1, 0.15) is 49.5 Å². The molecule has 3 aromatic rings. The highest BCUT2D eigenvalue weighted by Gasteiger charge is 2.43. The van der Waals surface area contributed by atoms with Crippen LogP contribution in [-0.4, -0.2) is 44.4 Å². The zero-order valence-corrected chi connectivity index (χ0v) is 19.9. The van der Waals surface area contributed by atoms with Gasteiger partial charge in [0.2, 0.25) is 11.8 Å². The number of anilines is 2. The summed E-state index contributed by atoms with van der Waals surface area (Å²) in [5.74, 6) is 2.03. The van der Waals surface area contributed by atoms with Gasteiger partial charge in [-0.05, 0) is 62.3 Å². The second-order valence-electron chi connectivity index (χ2n) is 9.71. The molecular weight excluding hydrogens is 440 g/mol. The molecule has 2 fully saturated rings. The Labute approximate surface area is 198 Å². The number of hydrogen-bond donors (Lipinski definition) is 2. The highest BCUT2D eigenvalue weighted by atomic mass is 35.5. The molecule has 2 atom stereocenters. The quantitative estimate of drug-likeness (QED) is 0.560. The summed E-state index contributed by atoms with van der Waals surface area (Å²) in [5, 5.41) is 23.2. The predicted molar refractivity (Wildman–Crippen MR) is 126 cm³/mol. The van der Waals surface area contributed by atoms with Gasteiger partial charge in [-0.2, -0.15) is 0 Å². The number of aromatic nitrogens is 4. The maximum Gasteiger partial charge on any atom is 0.318 e. The zero-order valence-electron chi connectivity index (χ0n) is 19.1. The van der Waals surface area contributed by atoms with Gasteiger partial charge in [-0.3, -0.25) is 0 Å². The third-order valence-electron chi connectivity index (χ3n) is 6.62. The average Bonchev–Trinajstić information content (AvgIpc) is 3.28. The van der Waals surface area contributed by atoms with Gasteiger partial charge in [0, 0.05) is 37.5 Å². The minimum atomic E-state index is -1.06. The van der Waals surface area contributed by atoms with Gasteiger partial charge in [0.15, 0.2) is 0 Å². The summed E-state index contributed by atoms with van der Waals surface area (Å²) in [5.41, 5.74) is 1.51. The summed E-state index contributed by atoms with van der Waals surface area (Å²) in [4.78, 5) is 11.7. The molecule has 2 N–H and O–H groups in total. The average molecular weight is 469 g/mol. The Morgan fingerprint density at radius 1 is 1.12 bits per heavy atom. The normalized spacial score (nSPS) is 22.6. The van der Waals surface area contributed by atoms with Gasteiger partial charge in [-0.25, -0.2) is 9.97 Å². The summed E-state index contributed by atoms with van der Waals surface area (Å²) in [6.45, 7) is 7.03. The van der Waals surface area contributed by atoms with Crippen molar-refractivity contribution in [3.05, 3.63) is 58.2 Å². The summed E-state index contributed by atoms with van der Waals surface area (Å²) >= 11 is 6.03. The van der Waals surface area contributed by atoms with Gasteiger partial charge in [0.05, 0.1) is 11.4 Å². The third kappa shape index (κ3) is 4.82. The minimum absolute atomic E-state index is 0.269. The Hall–Kier alpha value is -2.71. The molecular formula is C24H29ClN6O2. The molecule has 1 saturated carbocycles. The summed E-state index contributed by atoms with van der Waals surface area (Å²) < 4.78 is 5.66. The molecule has 2 bridgehead atoms. The molecule has 0 radical (unpaired) electrons. The number of aliphatic hydroxyl groups is 1. The lowest BCUT2D eigenvalue weighted by molar-refractivity contribution is 0.0737. The zero-order chi connectivity index (χ0) is 23.2. The van der Waals surface area contributed by atoms with Crippen molar-refractivity contribution in [1.82, 2.24) is 20.2 Å². The molecule has 0 amide bonds. The molecule has 33 heavy (non-hydrogen) atoms. The molecule has 8 nitrogen and oxygen atoms in total. The van der Waals surface area contributed by atoms with Gasteiger partial charge >= 0.3 is 6.01 Å². The van der Waals surface area contributed by atoms with E-state index in [-0.39, 0.29) is 6.04 Å². The maximum absolute atomic E-state index is 10.7. The van der Waals surface area contributed by atoms with E-state index in [9.17, 15) is 5.11 Å². The van der Waals surface area contributed by atoms with Crippen molar-refractivity contribution in [2.75, 3.05) is 23.3 Å². The number of nitrogens with zero attached hydrogens (tertiary/aromatic N) is 5. The lowest BCUT2D eigenvalue weighted by Gasteiger charge is -2.37. The Morgan fingerprint density at radius 3 is 2.42 bits per heavy atom. The predicted octanol–water partition coefficient (Wildman–Crippen LogP) is 3.97. The van der Waals surface area contributed by atoms with Crippen LogP contribution in [0.5, 0.6) is 0 Å². The molecule has 1 aromatic carbocycles. The first kappa shape index (κ1) is 22.1. The number of fused-ring (bicyclic) bond motifs is 2. The Balaban J connectivity index is 1.37. The summed E-state index contributed by atoms with van der Waals surface area (Å²) in [6, 6.07) is 10.5. The first-order valence-electron chi connectivity index (χ1n) is 11.4. The van der Waals surface area contributed by atoms with Crippen molar-refractivity contribution in [3.8, 4) is 0 Å². The topological polar surface area (TPSA) is 100 Å². The molecule has 5 rings (SSSR count). The second kappa shape index (κ2) is 8.57. The Kier molecular flexibility index (Phi) is 5.74. The monoisotopic (exact) mass is 468 g/mol. The van der Waals surface area contributed by atoms with Crippen LogP contribution >= 0.6 is 11.6 Å². The van der Waals surface area contributed by atoms with E-state index in [0.717, 1.165) is 37.2 Å². The van der Waals surface area contributed by atoms with E-state index in [1.54, 1.807) is 13.8 Å². The molecule has 2 aromatic heterocycles. The largest absolute Gasteiger partial charge is 0.408 e. The Morgan fingerprint density at radius 2 is 1.82 bits per heavy atom. The van der Waals surface area contributed by atoms with Crippen LogP contribution in [0, 0.1) is 18.8 Å². The van der Waals surface area contributed by atoms with E-state index in [1.807, 2.05) is 37.3 Å². The molecule has 1 aliphatic heterocycles. The summed E-state index contributed by atoms with van der Waals surface area (Å²) in [6.07, 6.45) is 2.91. The van der Waals surface area contributed by atoms with Crippen LogP contribution in [-0.2, 0) is 12.0 Å². The van der Waals surface area contributed by atoms with Crippen LogP contribution in [0.25, 0.3) is 0 Å². The van der Waals surface area contributed by atoms with Crippen molar-refractivity contribution >= 4 is 23.6 Å². The van der Waals surface area contributed by atoms with Gasteiger partial charge in [-0.15, -0.1) is 5.10 Å². The second-order valence-corrected chi connectivity index (χ2v) is 10.1. The molecule has 3 heterocycles. The van der Waals surface area contributed by atoms with Crippen molar-refractivity contribution in [2.45, 2.75) is 51.7 Å². The van der Waals surface area contributed by atoms with E-state index >= 15 is 0 Å². The number of hydrogen-bond acceptors (Lipinski definition) is 8. The van der Waals surface area contributed by atoms with Crippen LogP contribution in [0.4, 0.5) is 12.0 Å². The van der Waals surface area contributed by atoms with Crippen molar-refractivity contribution in [3.63, 3.8) is 0 Å². The van der Waals surface area contributed by atoms with Gasteiger partial charge in [-0.1, -0.05) is 28.8 Å². The first-order valence-corrected chi connectivity index (χ1v) is 11.8. The fraction of sp³-hybridized carbons (Fsp3) is 0.500. The number of rotatable bonds is 6. The number of piperidine rings is 1. The molecule has 174 valence electrons. The number of nitrogens with one attached hydrogen (secondary N) is 1. The molecule has 1 saturated heterocycles. The first-order chi connectivity index (χ1) is 15.7. The lowest BCUT2D eigenvalue weighted by atomic mass is 9.92. The Bertz CT molecular complexity index is 1110. The highest BCUT2D eigenvalue weighted by molar-refractivity contribution is 6.30. The molecule has 2 unspecified atom stereocenters. The van der Waals surface area contributed by atoms with Gasteiger partial charge in [0.1, 0.15) is 5.60 Å². The van der Waals surface area contributed by atoms with E-state index in [2.05, 4.69) is 25.4 Å². The van der Waals surface area contributed by atoms with Crippen molar-refractivity contribution in [2.24, 2.45) is 11.8 Å². The van der Waals surface area contributed by atoms with Crippen molar-refractivity contribution in [1.29, 1.82) is 0 Å². The lowest BCUT2D eigenvalue weighted by Crippen LogP contribution is -2.48.